The Labute approximate surface area is 185 Å². The van der Waals surface area contributed by atoms with Gasteiger partial charge >= 0.3 is 0 Å². The highest BCUT2D eigenvalue weighted by atomic mass is 79.9. The molecule has 0 spiro atoms. The van der Waals surface area contributed by atoms with E-state index in [1.165, 1.54) is 4.41 Å². The summed E-state index contributed by atoms with van der Waals surface area (Å²) in [5.41, 5.74) is 3.39. The molecule has 0 aliphatic carbocycles. The number of para-hydroxylation sites is 1. The van der Waals surface area contributed by atoms with Crippen LogP contribution in [0.25, 0.3) is 0 Å². The highest BCUT2D eigenvalue weighted by Gasteiger charge is 2.38. The molecule has 7 heteroatoms. The van der Waals surface area contributed by atoms with Gasteiger partial charge < -0.3 is 4.74 Å². The van der Waals surface area contributed by atoms with Gasteiger partial charge in [0.2, 0.25) is 0 Å². The fraction of sp³-hybridized carbons (Fsp3) is 0.174. The zero-order valence-corrected chi connectivity index (χ0v) is 19.0. The predicted molar refractivity (Wildman–Crippen MR) is 121 cm³/mol. The number of methoxy groups -OCH3 is 1. The summed E-state index contributed by atoms with van der Waals surface area (Å²) in [6.07, 6.45) is 0.451. The summed E-state index contributed by atoms with van der Waals surface area (Å²) in [7, 11) is -2.26. The summed E-state index contributed by atoms with van der Waals surface area (Å²) in [5, 5.41) is 4.58. The molecule has 0 bridgehead atoms. The highest BCUT2D eigenvalue weighted by Crippen LogP contribution is 2.40. The van der Waals surface area contributed by atoms with Gasteiger partial charge in [0.1, 0.15) is 5.75 Å². The maximum atomic E-state index is 13.5. The van der Waals surface area contributed by atoms with Crippen LogP contribution in [-0.2, 0) is 10.0 Å². The molecule has 4 rings (SSSR count). The summed E-state index contributed by atoms with van der Waals surface area (Å²) in [5.74, 6) is 0.638. The quantitative estimate of drug-likeness (QED) is 0.493. The van der Waals surface area contributed by atoms with E-state index >= 15 is 0 Å². The molecule has 0 aromatic heterocycles. The molecular formula is C23H21BrN2O3S. The van der Waals surface area contributed by atoms with Crippen molar-refractivity contribution in [3.05, 3.63) is 94.0 Å². The van der Waals surface area contributed by atoms with Crippen LogP contribution in [0.5, 0.6) is 5.75 Å². The Kier molecular flexibility index (Phi) is 5.66. The van der Waals surface area contributed by atoms with E-state index in [0.29, 0.717) is 17.9 Å². The van der Waals surface area contributed by atoms with Crippen LogP contribution in [0.1, 0.15) is 29.2 Å². The molecule has 1 aliphatic heterocycles. The summed E-state index contributed by atoms with van der Waals surface area (Å²) >= 11 is 3.44. The highest BCUT2D eigenvalue weighted by molar-refractivity contribution is 9.10. The van der Waals surface area contributed by atoms with Crippen molar-refractivity contribution < 1.29 is 13.2 Å². The van der Waals surface area contributed by atoms with Crippen molar-refractivity contribution in [1.82, 2.24) is 4.41 Å². The van der Waals surface area contributed by atoms with Crippen LogP contribution in [0, 0.1) is 6.92 Å². The van der Waals surface area contributed by atoms with E-state index in [4.69, 9.17) is 4.74 Å². The first-order valence-electron chi connectivity index (χ1n) is 9.47. The van der Waals surface area contributed by atoms with Gasteiger partial charge in [0, 0.05) is 16.5 Å². The van der Waals surface area contributed by atoms with Crippen LogP contribution >= 0.6 is 15.9 Å². The van der Waals surface area contributed by atoms with Gasteiger partial charge in [0.25, 0.3) is 10.0 Å². The Hall–Kier alpha value is -2.64. The number of nitrogens with zero attached hydrogens (tertiary/aromatic N) is 2. The number of hydrogen-bond donors (Lipinski definition) is 0. The van der Waals surface area contributed by atoms with Crippen molar-refractivity contribution in [3.63, 3.8) is 0 Å². The van der Waals surface area contributed by atoms with Crippen LogP contribution in [0.3, 0.4) is 0 Å². The first-order valence-corrected chi connectivity index (χ1v) is 11.7. The van der Waals surface area contributed by atoms with Crippen LogP contribution in [0.4, 0.5) is 0 Å². The van der Waals surface area contributed by atoms with E-state index in [-0.39, 0.29) is 4.90 Å². The molecule has 0 saturated heterocycles. The summed E-state index contributed by atoms with van der Waals surface area (Å²) < 4.78 is 34.8. The molecule has 1 aliphatic rings. The number of benzene rings is 3. The Balaban J connectivity index is 1.83. The van der Waals surface area contributed by atoms with Gasteiger partial charge in [-0.25, -0.2) is 0 Å². The lowest BCUT2D eigenvalue weighted by Gasteiger charge is -2.24. The number of hydrogen-bond acceptors (Lipinski definition) is 4. The average Bonchev–Trinajstić information content (AvgIpc) is 3.21. The van der Waals surface area contributed by atoms with E-state index in [0.717, 1.165) is 21.2 Å². The fourth-order valence-electron chi connectivity index (χ4n) is 3.52. The monoisotopic (exact) mass is 484 g/mol. The standard InChI is InChI=1S/C23H21BrN2O3S/c1-16-7-13-19(14-8-16)30(27,28)26-22(20-5-3-4-6-23(20)29-2)15-21(25-26)17-9-11-18(24)12-10-17/h3-14,22H,15H2,1-2H3/t22-/m1/s1. The third kappa shape index (κ3) is 3.87. The molecule has 3 aromatic carbocycles. The zero-order valence-electron chi connectivity index (χ0n) is 16.6. The Morgan fingerprint density at radius 1 is 1.00 bits per heavy atom. The molecule has 0 radical (unpaired) electrons. The smallest absolute Gasteiger partial charge is 0.279 e. The number of halogens is 1. The average molecular weight is 485 g/mol. The normalized spacial score (nSPS) is 16.4. The largest absolute Gasteiger partial charge is 0.496 e. The zero-order chi connectivity index (χ0) is 21.3. The fourth-order valence-corrected chi connectivity index (χ4v) is 5.21. The summed E-state index contributed by atoms with van der Waals surface area (Å²) in [6, 6.07) is 21.5. The second-order valence-electron chi connectivity index (χ2n) is 7.11. The van der Waals surface area contributed by atoms with Crippen molar-refractivity contribution in [3.8, 4) is 5.75 Å². The molecule has 0 fully saturated rings. The lowest BCUT2D eigenvalue weighted by atomic mass is 9.98. The minimum absolute atomic E-state index is 0.216. The number of hydrazone groups is 1. The Bertz CT molecular complexity index is 1190. The second kappa shape index (κ2) is 8.24. The third-order valence-electron chi connectivity index (χ3n) is 5.11. The third-order valence-corrected chi connectivity index (χ3v) is 7.34. The van der Waals surface area contributed by atoms with Crippen molar-refractivity contribution in [2.45, 2.75) is 24.3 Å². The molecular weight excluding hydrogens is 464 g/mol. The topological polar surface area (TPSA) is 59.0 Å². The van der Waals surface area contributed by atoms with E-state index < -0.39 is 16.1 Å². The number of sulfonamides is 1. The lowest BCUT2D eigenvalue weighted by Crippen LogP contribution is -2.27. The first kappa shape index (κ1) is 20.6. The maximum Gasteiger partial charge on any atom is 0.279 e. The van der Waals surface area contributed by atoms with E-state index in [2.05, 4.69) is 21.0 Å². The van der Waals surface area contributed by atoms with Crippen molar-refractivity contribution in [1.29, 1.82) is 0 Å². The molecule has 5 nitrogen and oxygen atoms in total. The van der Waals surface area contributed by atoms with Crippen LogP contribution < -0.4 is 4.74 Å². The van der Waals surface area contributed by atoms with E-state index in [9.17, 15) is 8.42 Å². The Morgan fingerprint density at radius 3 is 2.33 bits per heavy atom. The van der Waals surface area contributed by atoms with Gasteiger partial charge in [-0.05, 0) is 42.8 Å². The molecule has 1 atom stereocenters. The van der Waals surface area contributed by atoms with Gasteiger partial charge in [-0.15, -0.1) is 0 Å². The number of aryl methyl sites for hydroxylation is 1. The molecule has 1 heterocycles. The summed E-state index contributed by atoms with van der Waals surface area (Å²) in [6.45, 7) is 1.92. The second-order valence-corrected chi connectivity index (χ2v) is 9.82. The molecule has 0 amide bonds. The SMILES string of the molecule is COc1ccccc1[C@H]1CC(c2ccc(Br)cc2)=NN1S(=O)(=O)c1ccc(C)cc1. The Morgan fingerprint density at radius 2 is 1.67 bits per heavy atom. The molecule has 0 saturated carbocycles. The van der Waals surface area contributed by atoms with Gasteiger partial charge in [-0.3, -0.25) is 0 Å². The van der Waals surface area contributed by atoms with Gasteiger partial charge in [0.15, 0.2) is 0 Å². The molecule has 0 N–H and O–H groups in total. The van der Waals surface area contributed by atoms with Crippen molar-refractivity contribution in [2.75, 3.05) is 7.11 Å². The van der Waals surface area contributed by atoms with Crippen molar-refractivity contribution >= 4 is 31.7 Å². The molecule has 154 valence electrons. The minimum atomic E-state index is -3.85. The first-order chi connectivity index (χ1) is 14.4. The van der Waals surface area contributed by atoms with E-state index in [1.807, 2.05) is 55.5 Å². The van der Waals surface area contributed by atoms with Crippen LogP contribution in [-0.4, -0.2) is 25.7 Å². The van der Waals surface area contributed by atoms with Crippen molar-refractivity contribution in [2.24, 2.45) is 5.10 Å². The van der Waals surface area contributed by atoms with E-state index in [1.54, 1.807) is 31.4 Å². The molecule has 0 unspecified atom stereocenters. The predicted octanol–water partition coefficient (Wildman–Crippen LogP) is 5.31. The number of ether oxygens (including phenoxy) is 1. The van der Waals surface area contributed by atoms with Crippen LogP contribution in [0.2, 0.25) is 0 Å². The number of rotatable bonds is 5. The summed E-state index contributed by atoms with van der Waals surface area (Å²) in [4.78, 5) is 0.216. The molecule has 3 aromatic rings. The minimum Gasteiger partial charge on any atom is -0.496 e. The van der Waals surface area contributed by atoms with Gasteiger partial charge in [-0.1, -0.05) is 64.0 Å². The van der Waals surface area contributed by atoms with Crippen LogP contribution in [0.15, 0.2) is 87.3 Å². The lowest BCUT2D eigenvalue weighted by molar-refractivity contribution is 0.350. The van der Waals surface area contributed by atoms with Gasteiger partial charge in [0.05, 0.1) is 23.8 Å². The molecule has 30 heavy (non-hydrogen) atoms. The van der Waals surface area contributed by atoms with Gasteiger partial charge in [-0.2, -0.15) is 17.9 Å². The maximum absolute atomic E-state index is 13.5.